The molecule has 0 spiro atoms. The first-order valence-corrected chi connectivity index (χ1v) is 9.93. The molecule has 150 valence electrons. The van der Waals surface area contributed by atoms with Crippen LogP contribution in [0.1, 0.15) is 62.9 Å². The molecule has 0 atom stereocenters. The molecule has 0 saturated carbocycles. The predicted octanol–water partition coefficient (Wildman–Crippen LogP) is 5.46. The lowest BCUT2D eigenvalue weighted by Gasteiger charge is -2.10. The van der Waals surface area contributed by atoms with Crippen molar-refractivity contribution >= 4 is 28.2 Å². The molecule has 1 amide bonds. The largest absolute Gasteiger partial charge is 0.462 e. The lowest BCUT2D eigenvalue weighted by molar-refractivity contribution is -0.137. The summed E-state index contributed by atoms with van der Waals surface area (Å²) in [4.78, 5) is 26.1. The van der Waals surface area contributed by atoms with E-state index in [2.05, 4.69) is 5.32 Å². The molecule has 8 heteroatoms. The number of alkyl halides is 3. The fourth-order valence-corrected chi connectivity index (χ4v) is 4.53. The fraction of sp³-hybridized carbons (Fsp3) is 0.400. The second-order valence-electron chi connectivity index (χ2n) is 6.52. The molecule has 0 unspecified atom stereocenters. The van der Waals surface area contributed by atoms with Crippen LogP contribution in [0.5, 0.6) is 0 Å². The number of fused-ring (bicyclic) bond motifs is 1. The maximum absolute atomic E-state index is 12.9. The summed E-state index contributed by atoms with van der Waals surface area (Å²) in [7, 11) is 0. The van der Waals surface area contributed by atoms with E-state index in [4.69, 9.17) is 4.74 Å². The summed E-state index contributed by atoms with van der Waals surface area (Å²) in [5.41, 5.74) is 0.213. The number of anilines is 1. The number of rotatable bonds is 4. The molecule has 1 aromatic carbocycles. The molecule has 0 saturated heterocycles. The van der Waals surface area contributed by atoms with Gasteiger partial charge in [-0.15, -0.1) is 11.3 Å². The third-order valence-corrected chi connectivity index (χ3v) is 5.79. The number of halogens is 3. The topological polar surface area (TPSA) is 55.4 Å². The number of nitrogens with one attached hydrogen (secondary N) is 1. The molecule has 0 fully saturated rings. The molecule has 1 aromatic heterocycles. The van der Waals surface area contributed by atoms with Crippen molar-refractivity contribution < 1.29 is 27.5 Å². The summed E-state index contributed by atoms with van der Waals surface area (Å²) in [5, 5.41) is 2.97. The molecule has 28 heavy (non-hydrogen) atoms. The fourth-order valence-electron chi connectivity index (χ4n) is 3.26. The highest BCUT2D eigenvalue weighted by atomic mass is 32.1. The van der Waals surface area contributed by atoms with Crippen LogP contribution < -0.4 is 5.32 Å². The number of ether oxygens (including phenoxy) is 1. The van der Waals surface area contributed by atoms with E-state index >= 15 is 0 Å². The number of thiophene rings is 1. The first-order chi connectivity index (χ1) is 13.3. The first kappa shape index (κ1) is 20.4. The van der Waals surface area contributed by atoms with Gasteiger partial charge < -0.3 is 10.1 Å². The summed E-state index contributed by atoms with van der Waals surface area (Å²) < 4.78 is 43.9. The van der Waals surface area contributed by atoms with Crippen molar-refractivity contribution in [2.24, 2.45) is 0 Å². The third-order valence-electron chi connectivity index (χ3n) is 4.58. The van der Waals surface area contributed by atoms with E-state index in [0.717, 1.165) is 54.7 Å². The number of hydrogen-bond donors (Lipinski definition) is 1. The smallest absolute Gasteiger partial charge is 0.416 e. The molecule has 3 rings (SSSR count). The summed E-state index contributed by atoms with van der Waals surface area (Å²) in [6, 6.07) is 4.22. The zero-order valence-corrected chi connectivity index (χ0v) is 16.1. The third kappa shape index (κ3) is 4.38. The van der Waals surface area contributed by atoms with Gasteiger partial charge >= 0.3 is 12.1 Å². The summed E-state index contributed by atoms with van der Waals surface area (Å²) in [6.45, 7) is 1.90. The van der Waals surface area contributed by atoms with Crippen molar-refractivity contribution in [3.05, 3.63) is 51.4 Å². The van der Waals surface area contributed by atoms with Gasteiger partial charge in [0.15, 0.2) is 0 Å². The van der Waals surface area contributed by atoms with Crippen LogP contribution in [0.3, 0.4) is 0 Å². The van der Waals surface area contributed by atoms with Gasteiger partial charge in [0, 0.05) is 10.4 Å². The average molecular weight is 411 g/mol. The van der Waals surface area contributed by atoms with E-state index in [1.165, 1.54) is 23.5 Å². The molecule has 1 N–H and O–H groups in total. The number of hydrogen-bond acceptors (Lipinski definition) is 4. The standard InChI is InChI=1S/C20H20F3NO3S/c1-2-27-19(26)16-14-9-4-3-5-10-15(14)28-18(16)24-17(25)12-7-6-8-13(11-12)20(21,22)23/h6-8,11H,2-5,9-10H2,1H3,(H,24,25). The minimum absolute atomic E-state index is 0.117. The maximum atomic E-state index is 12.9. The molecule has 1 heterocycles. The Balaban J connectivity index is 1.93. The van der Waals surface area contributed by atoms with E-state index in [1.54, 1.807) is 6.92 Å². The number of amides is 1. The van der Waals surface area contributed by atoms with Gasteiger partial charge in [-0.25, -0.2) is 4.79 Å². The van der Waals surface area contributed by atoms with Crippen molar-refractivity contribution in [2.75, 3.05) is 11.9 Å². The Bertz CT molecular complexity index is 889. The lowest BCUT2D eigenvalue weighted by Crippen LogP contribution is -2.16. The Labute approximate surface area is 164 Å². The minimum atomic E-state index is -4.54. The molecule has 2 aromatic rings. The highest BCUT2D eigenvalue weighted by Crippen LogP contribution is 2.38. The number of carbonyl (C=O) groups is 2. The Kier molecular flexibility index (Phi) is 6.07. The van der Waals surface area contributed by atoms with Gasteiger partial charge in [0.1, 0.15) is 5.00 Å². The zero-order valence-electron chi connectivity index (χ0n) is 15.3. The molecular weight excluding hydrogens is 391 g/mol. The highest BCUT2D eigenvalue weighted by molar-refractivity contribution is 7.17. The van der Waals surface area contributed by atoms with E-state index in [9.17, 15) is 22.8 Å². The number of esters is 1. The van der Waals surface area contributed by atoms with E-state index < -0.39 is 23.6 Å². The summed E-state index contributed by atoms with van der Waals surface area (Å²) in [5.74, 6) is -1.20. The monoisotopic (exact) mass is 411 g/mol. The minimum Gasteiger partial charge on any atom is -0.462 e. The molecule has 4 nitrogen and oxygen atoms in total. The van der Waals surface area contributed by atoms with Crippen LogP contribution in [0.25, 0.3) is 0 Å². The van der Waals surface area contributed by atoms with Crippen molar-refractivity contribution in [1.82, 2.24) is 0 Å². The van der Waals surface area contributed by atoms with Gasteiger partial charge in [-0.1, -0.05) is 12.5 Å². The molecule has 0 radical (unpaired) electrons. The summed E-state index contributed by atoms with van der Waals surface area (Å²) >= 11 is 1.31. The second-order valence-corrected chi connectivity index (χ2v) is 7.63. The van der Waals surface area contributed by atoms with Crippen LogP contribution in [0.4, 0.5) is 18.2 Å². The molecule has 0 aliphatic heterocycles. The lowest BCUT2D eigenvalue weighted by atomic mass is 10.1. The average Bonchev–Trinajstić information content (AvgIpc) is 2.82. The van der Waals surface area contributed by atoms with Gasteiger partial charge in [0.05, 0.1) is 17.7 Å². The molecule has 1 aliphatic carbocycles. The van der Waals surface area contributed by atoms with Crippen LogP contribution in [0.2, 0.25) is 0 Å². The van der Waals surface area contributed by atoms with E-state index in [1.807, 2.05) is 0 Å². The van der Waals surface area contributed by atoms with Gasteiger partial charge in [-0.3, -0.25) is 4.79 Å². The van der Waals surface area contributed by atoms with Crippen molar-refractivity contribution in [3.63, 3.8) is 0 Å². The quantitative estimate of drug-likeness (QED) is 0.537. The number of carbonyl (C=O) groups excluding carboxylic acids is 2. The molecule has 0 bridgehead atoms. The van der Waals surface area contributed by atoms with Crippen LogP contribution in [-0.4, -0.2) is 18.5 Å². The Morgan fingerprint density at radius 1 is 1.18 bits per heavy atom. The normalized spacial score (nSPS) is 14.1. The van der Waals surface area contributed by atoms with E-state index in [-0.39, 0.29) is 12.2 Å². The van der Waals surface area contributed by atoms with Crippen LogP contribution >= 0.6 is 11.3 Å². The maximum Gasteiger partial charge on any atom is 0.416 e. The molecular formula is C20H20F3NO3S. The Morgan fingerprint density at radius 3 is 2.64 bits per heavy atom. The van der Waals surface area contributed by atoms with Gasteiger partial charge in [-0.2, -0.15) is 13.2 Å². The van der Waals surface area contributed by atoms with Gasteiger partial charge in [0.2, 0.25) is 0 Å². The van der Waals surface area contributed by atoms with E-state index in [0.29, 0.717) is 10.6 Å². The molecule has 1 aliphatic rings. The first-order valence-electron chi connectivity index (χ1n) is 9.11. The zero-order chi connectivity index (χ0) is 20.3. The summed E-state index contributed by atoms with van der Waals surface area (Å²) in [6.07, 6.45) is 0.00143. The van der Waals surface area contributed by atoms with Crippen LogP contribution in [0, 0.1) is 0 Å². The second kappa shape index (κ2) is 8.34. The van der Waals surface area contributed by atoms with Crippen molar-refractivity contribution in [2.45, 2.75) is 45.2 Å². The Morgan fingerprint density at radius 2 is 1.93 bits per heavy atom. The number of benzene rings is 1. The van der Waals surface area contributed by atoms with Crippen molar-refractivity contribution in [1.29, 1.82) is 0 Å². The SMILES string of the molecule is CCOC(=O)c1c(NC(=O)c2cccc(C(F)(F)F)c2)sc2c1CCCCC2. The van der Waals surface area contributed by atoms with Crippen LogP contribution in [-0.2, 0) is 23.8 Å². The van der Waals surface area contributed by atoms with Crippen LogP contribution in [0.15, 0.2) is 24.3 Å². The number of aryl methyl sites for hydroxylation is 1. The Hall–Kier alpha value is -2.35. The van der Waals surface area contributed by atoms with Gasteiger partial charge in [-0.05, 0) is 56.4 Å². The van der Waals surface area contributed by atoms with Crippen molar-refractivity contribution in [3.8, 4) is 0 Å². The predicted molar refractivity (Wildman–Crippen MR) is 101 cm³/mol. The van der Waals surface area contributed by atoms with Gasteiger partial charge in [0.25, 0.3) is 5.91 Å². The highest BCUT2D eigenvalue weighted by Gasteiger charge is 2.31.